The summed E-state index contributed by atoms with van der Waals surface area (Å²) in [5.74, 6) is -1.55. The molecule has 0 aromatic heterocycles. The second-order valence-corrected chi connectivity index (χ2v) is 8.48. The van der Waals surface area contributed by atoms with Crippen LogP contribution in [0, 0.1) is 6.92 Å². The molecule has 4 aromatic rings. The summed E-state index contributed by atoms with van der Waals surface area (Å²) in [6.45, 7) is 2.28. The minimum atomic E-state index is -1.24. The Kier molecular flexibility index (Phi) is 13.6. The number of ether oxygens (including phenoxy) is 2. The molecule has 204 valence electrons. The van der Waals surface area contributed by atoms with Crippen molar-refractivity contribution in [2.45, 2.75) is 20.1 Å². The molecule has 0 bridgehead atoms. The van der Waals surface area contributed by atoms with Crippen LogP contribution in [0.5, 0.6) is 17.2 Å². The number of aldehydes is 2. The minimum Gasteiger partial charge on any atom is -0.545 e. The Morgan fingerprint density at radius 3 is 1.66 bits per heavy atom. The number of hydrogen-bond donors (Lipinski definition) is 2. The van der Waals surface area contributed by atoms with Crippen molar-refractivity contribution >= 4 is 24.5 Å². The zero-order valence-corrected chi connectivity index (χ0v) is 27.3. The SMILES string of the molecule is Cc1cccc(OCc2ccc(C(=O)O)cc2)c1C=O.O=Cc1c(O)cccc1OCc1ccc(C(=O)[O-])cc1.[Rb+]. The number of aromatic carboxylic acids is 2. The number of hydrogen-bond acceptors (Lipinski definition) is 8. The summed E-state index contributed by atoms with van der Waals surface area (Å²) in [5, 5.41) is 28.9. The molecule has 0 unspecified atom stereocenters. The number of benzene rings is 4. The fourth-order valence-electron chi connectivity index (χ4n) is 3.51. The van der Waals surface area contributed by atoms with Crippen LogP contribution in [0.15, 0.2) is 84.9 Å². The quantitative estimate of drug-likeness (QED) is 0.248. The van der Waals surface area contributed by atoms with Crippen LogP contribution in [-0.4, -0.2) is 34.7 Å². The monoisotopic (exact) mass is 626 g/mol. The summed E-state index contributed by atoms with van der Waals surface area (Å²) < 4.78 is 11.1. The van der Waals surface area contributed by atoms with Crippen molar-refractivity contribution in [1.29, 1.82) is 0 Å². The van der Waals surface area contributed by atoms with E-state index in [9.17, 15) is 29.4 Å². The van der Waals surface area contributed by atoms with Crippen LogP contribution in [0.1, 0.15) is 58.1 Å². The summed E-state index contributed by atoms with van der Waals surface area (Å²) >= 11 is 0. The maximum atomic E-state index is 11.0. The number of carboxylic acid groups (broad SMARTS) is 2. The van der Waals surface area contributed by atoms with Gasteiger partial charge in [-0.25, -0.2) is 4.79 Å². The average Bonchev–Trinajstić information content (AvgIpc) is 2.95. The molecule has 41 heavy (non-hydrogen) atoms. The molecular weight excluding hydrogens is 602 g/mol. The Morgan fingerprint density at radius 2 is 1.20 bits per heavy atom. The number of aryl methyl sites for hydroxylation is 1. The molecule has 10 heteroatoms. The molecule has 0 spiro atoms. The first-order valence-corrected chi connectivity index (χ1v) is 11.9. The van der Waals surface area contributed by atoms with E-state index in [1.807, 2.05) is 19.1 Å². The maximum Gasteiger partial charge on any atom is 1.00 e. The van der Waals surface area contributed by atoms with Gasteiger partial charge in [0.1, 0.15) is 30.5 Å². The normalized spacial score (nSPS) is 9.78. The van der Waals surface area contributed by atoms with Gasteiger partial charge in [0.2, 0.25) is 0 Å². The fourth-order valence-corrected chi connectivity index (χ4v) is 3.51. The smallest absolute Gasteiger partial charge is 0.545 e. The van der Waals surface area contributed by atoms with Crippen LogP contribution in [0.3, 0.4) is 0 Å². The summed E-state index contributed by atoms with van der Waals surface area (Å²) in [6.07, 6.45) is 1.29. The van der Waals surface area contributed by atoms with Gasteiger partial charge in [-0.2, -0.15) is 0 Å². The van der Waals surface area contributed by atoms with Crippen molar-refractivity contribution < 1.29 is 102 Å². The molecule has 0 heterocycles. The summed E-state index contributed by atoms with van der Waals surface area (Å²) in [5.41, 5.74) is 3.37. The Hall–Kier alpha value is -3.63. The first-order valence-electron chi connectivity index (χ1n) is 11.9. The molecule has 9 nitrogen and oxygen atoms in total. The van der Waals surface area contributed by atoms with Crippen LogP contribution in [-0.2, 0) is 13.2 Å². The van der Waals surface area contributed by atoms with Gasteiger partial charge in [0.15, 0.2) is 12.6 Å². The average molecular weight is 627 g/mol. The third kappa shape index (κ3) is 9.75. The van der Waals surface area contributed by atoms with Crippen LogP contribution >= 0.6 is 0 Å². The van der Waals surface area contributed by atoms with Crippen LogP contribution in [0.4, 0.5) is 0 Å². The summed E-state index contributed by atoms with van der Waals surface area (Å²) in [6, 6.07) is 22.4. The predicted octanol–water partition coefficient (Wildman–Crippen LogP) is 1.24. The Labute approximate surface area is 285 Å². The predicted molar refractivity (Wildman–Crippen MR) is 143 cm³/mol. The van der Waals surface area contributed by atoms with E-state index in [1.54, 1.807) is 42.5 Å². The van der Waals surface area contributed by atoms with Gasteiger partial charge in [0.05, 0.1) is 22.7 Å². The minimum absolute atomic E-state index is 0. The van der Waals surface area contributed by atoms with Crippen molar-refractivity contribution in [1.82, 2.24) is 0 Å². The molecular formula is C31H25O9Rb. The Morgan fingerprint density at radius 1 is 0.732 bits per heavy atom. The second kappa shape index (κ2) is 16.6. The third-order valence-electron chi connectivity index (χ3n) is 5.74. The topological polar surface area (TPSA) is 150 Å². The van der Waals surface area contributed by atoms with Gasteiger partial charge < -0.3 is 29.6 Å². The number of carbonyl (C=O) groups excluding carboxylic acids is 3. The largest absolute Gasteiger partial charge is 1.00 e. The van der Waals surface area contributed by atoms with Gasteiger partial charge in [-0.1, -0.05) is 54.6 Å². The van der Waals surface area contributed by atoms with Gasteiger partial charge in [0.25, 0.3) is 0 Å². The van der Waals surface area contributed by atoms with E-state index in [0.29, 0.717) is 17.6 Å². The van der Waals surface area contributed by atoms with Crippen LogP contribution in [0.2, 0.25) is 0 Å². The Balaban J connectivity index is 0.000000280. The Bertz CT molecular complexity index is 1380. The van der Waals surface area contributed by atoms with Crippen molar-refractivity contribution in [2.24, 2.45) is 0 Å². The number of rotatable bonds is 10. The van der Waals surface area contributed by atoms with E-state index in [4.69, 9.17) is 14.6 Å². The molecule has 0 aliphatic heterocycles. The standard InChI is InChI=1S/C16H14O4.C15H12O5.Rb/c1-11-3-2-4-15(14(11)9-17)20-10-12-5-7-13(8-6-12)16(18)19;16-8-12-13(17)2-1-3-14(12)20-9-10-4-6-11(7-5-10)15(18)19;/h2-9H,10H2,1H3,(H,18,19);1-8,17H,9H2,(H,18,19);/q;;+1/p-1. The molecule has 0 saturated carbocycles. The van der Waals surface area contributed by atoms with Crippen molar-refractivity contribution in [3.05, 3.63) is 124 Å². The van der Waals surface area contributed by atoms with E-state index < -0.39 is 11.9 Å². The molecule has 4 rings (SSSR count). The maximum absolute atomic E-state index is 11.0. The van der Waals surface area contributed by atoms with Crippen LogP contribution in [0.25, 0.3) is 0 Å². The van der Waals surface area contributed by atoms with Crippen LogP contribution < -0.4 is 72.8 Å². The molecule has 2 N–H and O–H groups in total. The van der Waals surface area contributed by atoms with E-state index in [1.165, 1.54) is 30.3 Å². The molecule has 0 aliphatic rings. The van der Waals surface area contributed by atoms with Crippen molar-refractivity contribution in [3.8, 4) is 17.2 Å². The van der Waals surface area contributed by atoms with E-state index in [0.717, 1.165) is 23.0 Å². The number of phenolic OH excluding ortho intramolecular Hbond substituents is 1. The molecule has 0 fully saturated rings. The zero-order chi connectivity index (χ0) is 29.1. The molecule has 4 aromatic carbocycles. The number of carbonyl (C=O) groups is 4. The number of phenols is 1. The van der Waals surface area contributed by atoms with Gasteiger partial charge in [-0.3, -0.25) is 9.59 Å². The van der Waals surface area contributed by atoms with Gasteiger partial charge >= 0.3 is 64.2 Å². The third-order valence-corrected chi connectivity index (χ3v) is 5.74. The molecule has 0 radical (unpaired) electrons. The van der Waals surface area contributed by atoms with E-state index in [-0.39, 0.29) is 99.6 Å². The second-order valence-electron chi connectivity index (χ2n) is 8.48. The zero-order valence-electron chi connectivity index (χ0n) is 22.4. The molecule has 0 saturated heterocycles. The molecule has 0 amide bonds. The van der Waals surface area contributed by atoms with Gasteiger partial charge in [-0.05, 0) is 59.5 Å². The van der Waals surface area contributed by atoms with E-state index in [2.05, 4.69) is 0 Å². The summed E-state index contributed by atoms with van der Waals surface area (Å²) in [7, 11) is 0. The van der Waals surface area contributed by atoms with Gasteiger partial charge in [0, 0.05) is 0 Å². The molecule has 0 aliphatic carbocycles. The first kappa shape index (κ1) is 33.6. The first-order chi connectivity index (χ1) is 19.2. The van der Waals surface area contributed by atoms with E-state index >= 15 is 0 Å². The van der Waals surface area contributed by atoms with Gasteiger partial charge in [-0.15, -0.1) is 0 Å². The number of aromatic hydroxyl groups is 1. The fraction of sp³-hybridized carbons (Fsp3) is 0.0968. The summed E-state index contributed by atoms with van der Waals surface area (Å²) in [4.78, 5) is 43.2. The molecule has 0 atom stereocenters. The number of carboxylic acids is 2. The van der Waals surface area contributed by atoms with Crippen molar-refractivity contribution in [3.63, 3.8) is 0 Å². The van der Waals surface area contributed by atoms with Crippen molar-refractivity contribution in [2.75, 3.05) is 0 Å².